The van der Waals surface area contributed by atoms with Crippen molar-refractivity contribution in [2.45, 2.75) is 31.4 Å². The monoisotopic (exact) mass is 209 g/mol. The van der Waals surface area contributed by atoms with Crippen LogP contribution in [0.1, 0.15) is 19.3 Å². The summed E-state index contributed by atoms with van der Waals surface area (Å²) in [5.74, 6) is -0.228. The Hall–Kier alpha value is -0.320. The molecular formula is C8H16ClNO3. The van der Waals surface area contributed by atoms with E-state index in [4.69, 9.17) is 10.5 Å². The molecule has 0 saturated carbocycles. The lowest BCUT2D eigenvalue weighted by atomic mass is 10.0. The lowest BCUT2D eigenvalue weighted by Crippen LogP contribution is -2.35. The second-order valence-electron chi connectivity index (χ2n) is 3.06. The van der Waals surface area contributed by atoms with Crippen LogP contribution in [0.25, 0.3) is 0 Å². The van der Waals surface area contributed by atoms with Crippen molar-refractivity contribution in [1.29, 1.82) is 0 Å². The van der Waals surface area contributed by atoms with Crippen molar-refractivity contribution in [3.8, 4) is 0 Å². The first-order valence-corrected chi connectivity index (χ1v) is 4.16. The Bertz CT molecular complexity index is 165. The Morgan fingerprint density at radius 1 is 1.69 bits per heavy atom. The Labute approximate surface area is 84.2 Å². The number of carbonyl (C=O) groups is 1. The molecule has 0 aromatic rings. The van der Waals surface area contributed by atoms with Crippen LogP contribution in [0.3, 0.4) is 0 Å². The highest BCUT2D eigenvalue weighted by Gasteiger charge is 2.22. The van der Waals surface area contributed by atoms with Crippen molar-refractivity contribution in [3.63, 3.8) is 0 Å². The van der Waals surface area contributed by atoms with Crippen LogP contribution in [0.5, 0.6) is 0 Å². The number of carbonyl (C=O) groups excluding carboxylic acids is 1. The number of hydrogen-bond donors (Lipinski definition) is 1. The molecule has 4 nitrogen and oxygen atoms in total. The van der Waals surface area contributed by atoms with Crippen molar-refractivity contribution in [3.05, 3.63) is 0 Å². The lowest BCUT2D eigenvalue weighted by Gasteiger charge is -2.26. The second-order valence-corrected chi connectivity index (χ2v) is 3.06. The minimum Gasteiger partial charge on any atom is -0.469 e. The predicted octanol–water partition coefficient (Wildman–Crippen LogP) is 0.478. The molecule has 0 radical (unpaired) electrons. The van der Waals surface area contributed by atoms with Crippen molar-refractivity contribution < 1.29 is 14.3 Å². The first-order chi connectivity index (χ1) is 5.72. The molecular weight excluding hydrogens is 194 g/mol. The fraction of sp³-hybridized carbons (Fsp3) is 0.875. The normalized spacial score (nSPS) is 27.5. The van der Waals surface area contributed by atoms with Gasteiger partial charge in [-0.05, 0) is 12.8 Å². The Balaban J connectivity index is 0.00000144. The molecule has 1 saturated heterocycles. The van der Waals surface area contributed by atoms with E-state index >= 15 is 0 Å². The van der Waals surface area contributed by atoms with Gasteiger partial charge in [-0.2, -0.15) is 0 Å². The van der Waals surface area contributed by atoms with Crippen LogP contribution in [-0.4, -0.2) is 31.8 Å². The summed E-state index contributed by atoms with van der Waals surface area (Å²) in [5.41, 5.74) is 5.71. The summed E-state index contributed by atoms with van der Waals surface area (Å²) in [6.45, 7) is 0.656. The average molecular weight is 210 g/mol. The number of halogens is 1. The second kappa shape index (κ2) is 6.18. The highest BCUT2D eigenvalue weighted by atomic mass is 35.5. The summed E-state index contributed by atoms with van der Waals surface area (Å²) < 4.78 is 9.87. The van der Waals surface area contributed by atoms with E-state index in [0.29, 0.717) is 13.0 Å². The molecule has 1 aliphatic heterocycles. The molecule has 1 aliphatic rings. The molecule has 1 fully saturated rings. The van der Waals surface area contributed by atoms with E-state index < -0.39 is 0 Å². The van der Waals surface area contributed by atoms with Crippen LogP contribution in [0.2, 0.25) is 0 Å². The van der Waals surface area contributed by atoms with E-state index in [1.165, 1.54) is 7.11 Å². The summed E-state index contributed by atoms with van der Waals surface area (Å²) in [4.78, 5) is 10.8. The number of esters is 1. The van der Waals surface area contributed by atoms with Gasteiger partial charge in [0.15, 0.2) is 0 Å². The van der Waals surface area contributed by atoms with Gasteiger partial charge in [-0.15, -0.1) is 12.4 Å². The molecule has 1 rings (SSSR count). The first-order valence-electron chi connectivity index (χ1n) is 4.16. The number of hydrogen-bond acceptors (Lipinski definition) is 4. The zero-order valence-electron chi connectivity index (χ0n) is 7.69. The summed E-state index contributed by atoms with van der Waals surface area (Å²) >= 11 is 0. The Morgan fingerprint density at radius 3 is 2.92 bits per heavy atom. The quantitative estimate of drug-likeness (QED) is 0.672. The molecule has 13 heavy (non-hydrogen) atoms. The Morgan fingerprint density at radius 2 is 2.38 bits per heavy atom. The minimum atomic E-state index is -0.228. The number of nitrogens with two attached hydrogens (primary N) is 1. The van der Waals surface area contributed by atoms with E-state index in [2.05, 4.69) is 4.74 Å². The maximum Gasteiger partial charge on any atom is 0.308 e. The zero-order valence-corrected chi connectivity index (χ0v) is 8.51. The van der Waals surface area contributed by atoms with Crippen LogP contribution in [0.15, 0.2) is 0 Å². The van der Waals surface area contributed by atoms with E-state index in [-0.39, 0.29) is 30.5 Å². The summed E-state index contributed by atoms with van der Waals surface area (Å²) in [6, 6.07) is 0.174. The van der Waals surface area contributed by atoms with Crippen molar-refractivity contribution in [2.75, 3.05) is 13.7 Å². The first kappa shape index (κ1) is 12.7. The highest BCUT2D eigenvalue weighted by molar-refractivity contribution is 5.85. The maximum absolute atomic E-state index is 10.8. The molecule has 0 aliphatic carbocycles. The third-order valence-electron chi connectivity index (χ3n) is 2.03. The minimum absolute atomic E-state index is 0. The van der Waals surface area contributed by atoms with Gasteiger partial charge in [0, 0.05) is 12.6 Å². The largest absolute Gasteiger partial charge is 0.469 e. The number of methoxy groups -OCH3 is 1. The molecule has 0 amide bonds. The fourth-order valence-corrected chi connectivity index (χ4v) is 1.32. The zero-order chi connectivity index (χ0) is 8.97. The summed E-state index contributed by atoms with van der Waals surface area (Å²) in [5, 5.41) is 0. The van der Waals surface area contributed by atoms with Gasteiger partial charge < -0.3 is 15.2 Å². The van der Waals surface area contributed by atoms with Crippen molar-refractivity contribution in [1.82, 2.24) is 0 Å². The molecule has 0 aromatic carbocycles. The van der Waals surface area contributed by atoms with E-state index in [1.54, 1.807) is 0 Å². The van der Waals surface area contributed by atoms with E-state index in [1.807, 2.05) is 0 Å². The molecule has 2 atom stereocenters. The van der Waals surface area contributed by atoms with Gasteiger partial charge in [0.1, 0.15) is 0 Å². The molecule has 0 bridgehead atoms. The average Bonchev–Trinajstić information content (AvgIpc) is 2.04. The van der Waals surface area contributed by atoms with Crippen LogP contribution >= 0.6 is 12.4 Å². The molecule has 2 unspecified atom stereocenters. The van der Waals surface area contributed by atoms with Crippen LogP contribution in [-0.2, 0) is 14.3 Å². The molecule has 5 heteroatoms. The van der Waals surface area contributed by atoms with E-state index in [9.17, 15) is 4.79 Å². The van der Waals surface area contributed by atoms with Gasteiger partial charge in [0.2, 0.25) is 0 Å². The molecule has 2 N–H and O–H groups in total. The van der Waals surface area contributed by atoms with E-state index in [0.717, 1.165) is 12.8 Å². The van der Waals surface area contributed by atoms with Crippen molar-refractivity contribution in [2.24, 2.45) is 5.73 Å². The Kier molecular flexibility index (Phi) is 6.03. The van der Waals surface area contributed by atoms with Gasteiger partial charge in [0.25, 0.3) is 0 Å². The lowest BCUT2D eigenvalue weighted by molar-refractivity contribution is -0.144. The standard InChI is InChI=1S/C8H15NO3.ClH/c1-11-8(10)5-7-4-6(9)2-3-12-7;/h6-7H,2-5,9H2,1H3;1H. The van der Waals surface area contributed by atoms with Gasteiger partial charge in [-0.25, -0.2) is 0 Å². The smallest absolute Gasteiger partial charge is 0.308 e. The number of rotatable bonds is 2. The molecule has 0 spiro atoms. The highest BCUT2D eigenvalue weighted by Crippen LogP contribution is 2.15. The van der Waals surface area contributed by atoms with Gasteiger partial charge in [-0.3, -0.25) is 4.79 Å². The third kappa shape index (κ3) is 4.45. The van der Waals surface area contributed by atoms with Crippen LogP contribution < -0.4 is 5.73 Å². The molecule has 78 valence electrons. The maximum atomic E-state index is 10.8. The van der Waals surface area contributed by atoms with Gasteiger partial charge in [-0.1, -0.05) is 0 Å². The van der Waals surface area contributed by atoms with Crippen LogP contribution in [0, 0.1) is 0 Å². The van der Waals surface area contributed by atoms with Crippen LogP contribution in [0.4, 0.5) is 0 Å². The third-order valence-corrected chi connectivity index (χ3v) is 2.03. The summed E-state index contributed by atoms with van der Waals surface area (Å²) in [6.07, 6.45) is 1.93. The van der Waals surface area contributed by atoms with Gasteiger partial charge >= 0.3 is 5.97 Å². The molecule has 0 aromatic heterocycles. The van der Waals surface area contributed by atoms with Crippen molar-refractivity contribution >= 4 is 18.4 Å². The van der Waals surface area contributed by atoms with Gasteiger partial charge in [0.05, 0.1) is 19.6 Å². The predicted molar refractivity (Wildman–Crippen MR) is 50.8 cm³/mol. The summed E-state index contributed by atoms with van der Waals surface area (Å²) in [7, 11) is 1.38. The SMILES string of the molecule is COC(=O)CC1CC(N)CCO1.Cl. The fourth-order valence-electron chi connectivity index (χ4n) is 1.32. The molecule has 1 heterocycles. The number of ether oxygens (including phenoxy) is 2. The topological polar surface area (TPSA) is 61.5 Å².